The van der Waals surface area contributed by atoms with Gasteiger partial charge in [0.2, 0.25) is 5.95 Å². The summed E-state index contributed by atoms with van der Waals surface area (Å²) in [5.41, 5.74) is 6.01. The lowest BCUT2D eigenvalue weighted by atomic mass is 10.5. The fraction of sp³-hybridized carbons (Fsp3) is 0.600. The molecule has 1 saturated heterocycles. The summed E-state index contributed by atoms with van der Waals surface area (Å²) in [6.07, 6.45) is 3.00. The highest BCUT2D eigenvalue weighted by Gasteiger charge is 2.34. The van der Waals surface area contributed by atoms with E-state index in [-0.39, 0.29) is 5.75 Å². The van der Waals surface area contributed by atoms with Gasteiger partial charge < -0.3 is 10.6 Å². The van der Waals surface area contributed by atoms with Crippen molar-refractivity contribution in [1.82, 2.24) is 9.97 Å². The third-order valence-electron chi connectivity index (χ3n) is 2.82. The molecular formula is C10H16N4O2S2. The minimum atomic E-state index is -3.13. The molecule has 1 aromatic heterocycles. The van der Waals surface area contributed by atoms with Crippen LogP contribution in [0.2, 0.25) is 0 Å². The molecule has 0 saturated carbocycles. The molecule has 2 heterocycles. The molecule has 1 aromatic rings. The standard InChI is InChI=1S/C10H16N4O2S2/c1-2-18(15,16)9-7-17-4-3-14(9)10-12-5-8(11)6-13-10/h5-6,9H,2-4,7,11H2,1H3. The van der Waals surface area contributed by atoms with Gasteiger partial charge in [0.25, 0.3) is 0 Å². The maximum absolute atomic E-state index is 12.1. The number of nitrogens with zero attached hydrogens (tertiary/aromatic N) is 3. The van der Waals surface area contributed by atoms with Gasteiger partial charge in [0, 0.05) is 23.8 Å². The summed E-state index contributed by atoms with van der Waals surface area (Å²) in [5.74, 6) is 2.00. The number of sulfone groups is 1. The Morgan fingerprint density at radius 3 is 2.78 bits per heavy atom. The van der Waals surface area contributed by atoms with Crippen LogP contribution in [-0.2, 0) is 9.84 Å². The van der Waals surface area contributed by atoms with Crippen LogP contribution in [0.1, 0.15) is 6.92 Å². The molecule has 100 valence electrons. The largest absolute Gasteiger partial charge is 0.396 e. The Morgan fingerprint density at radius 1 is 1.50 bits per heavy atom. The van der Waals surface area contributed by atoms with E-state index < -0.39 is 15.2 Å². The normalized spacial score (nSPS) is 20.9. The zero-order valence-corrected chi connectivity index (χ0v) is 11.7. The molecule has 0 bridgehead atoms. The van der Waals surface area contributed by atoms with Gasteiger partial charge in [-0.3, -0.25) is 0 Å². The second kappa shape index (κ2) is 5.31. The van der Waals surface area contributed by atoms with Crippen molar-refractivity contribution in [2.75, 3.05) is 34.4 Å². The molecule has 0 aromatic carbocycles. The molecular weight excluding hydrogens is 272 g/mol. The zero-order valence-electron chi connectivity index (χ0n) is 10.1. The summed E-state index contributed by atoms with van der Waals surface area (Å²) < 4.78 is 24.1. The number of nitrogens with two attached hydrogens (primary N) is 1. The Morgan fingerprint density at radius 2 is 2.17 bits per heavy atom. The van der Waals surface area contributed by atoms with E-state index in [4.69, 9.17) is 5.73 Å². The van der Waals surface area contributed by atoms with E-state index in [1.165, 1.54) is 12.4 Å². The first-order valence-corrected chi connectivity index (χ1v) is 8.55. The minimum absolute atomic E-state index is 0.129. The average molecular weight is 288 g/mol. The van der Waals surface area contributed by atoms with Crippen molar-refractivity contribution in [2.45, 2.75) is 12.3 Å². The van der Waals surface area contributed by atoms with Crippen LogP contribution >= 0.6 is 11.8 Å². The van der Waals surface area contributed by atoms with E-state index in [2.05, 4.69) is 9.97 Å². The zero-order chi connectivity index (χ0) is 13.2. The minimum Gasteiger partial charge on any atom is -0.396 e. The molecule has 6 nitrogen and oxygen atoms in total. The number of thioether (sulfide) groups is 1. The van der Waals surface area contributed by atoms with E-state index in [9.17, 15) is 8.42 Å². The van der Waals surface area contributed by atoms with Gasteiger partial charge in [0.05, 0.1) is 18.1 Å². The molecule has 8 heteroatoms. The van der Waals surface area contributed by atoms with Gasteiger partial charge >= 0.3 is 0 Å². The molecule has 1 aliphatic rings. The quantitative estimate of drug-likeness (QED) is 0.859. The molecule has 1 aliphatic heterocycles. The Balaban J connectivity index is 2.31. The van der Waals surface area contributed by atoms with Crippen molar-refractivity contribution in [3.8, 4) is 0 Å². The highest BCUT2D eigenvalue weighted by atomic mass is 32.2. The van der Waals surface area contributed by atoms with Crippen molar-refractivity contribution in [2.24, 2.45) is 0 Å². The van der Waals surface area contributed by atoms with Crippen LogP contribution in [0.25, 0.3) is 0 Å². The van der Waals surface area contributed by atoms with Crippen molar-refractivity contribution in [1.29, 1.82) is 0 Å². The molecule has 0 aliphatic carbocycles. The van der Waals surface area contributed by atoms with Gasteiger partial charge in [-0.05, 0) is 0 Å². The third kappa shape index (κ3) is 2.69. The van der Waals surface area contributed by atoms with Gasteiger partial charge in [-0.2, -0.15) is 11.8 Å². The number of nitrogen functional groups attached to an aromatic ring is 1. The van der Waals surface area contributed by atoms with Gasteiger partial charge in [-0.1, -0.05) is 6.92 Å². The first-order chi connectivity index (χ1) is 8.54. The summed E-state index contributed by atoms with van der Waals surface area (Å²) in [7, 11) is -3.13. The van der Waals surface area contributed by atoms with Gasteiger partial charge in [0.15, 0.2) is 9.84 Å². The molecule has 0 spiro atoms. The highest BCUT2D eigenvalue weighted by Crippen LogP contribution is 2.24. The van der Waals surface area contributed by atoms with Crippen LogP contribution in [0.5, 0.6) is 0 Å². The Kier molecular flexibility index (Phi) is 3.96. The maximum atomic E-state index is 12.1. The summed E-state index contributed by atoms with van der Waals surface area (Å²) >= 11 is 1.65. The smallest absolute Gasteiger partial charge is 0.226 e. The molecule has 18 heavy (non-hydrogen) atoms. The second-order valence-electron chi connectivity index (χ2n) is 3.99. The first kappa shape index (κ1) is 13.4. The van der Waals surface area contributed by atoms with Crippen molar-refractivity contribution < 1.29 is 8.42 Å². The topological polar surface area (TPSA) is 89.2 Å². The van der Waals surface area contributed by atoms with Crippen LogP contribution in [0.3, 0.4) is 0 Å². The molecule has 0 amide bonds. The molecule has 2 N–H and O–H groups in total. The average Bonchev–Trinajstić information content (AvgIpc) is 2.40. The lowest BCUT2D eigenvalue weighted by molar-refractivity contribution is 0.578. The van der Waals surface area contributed by atoms with Crippen LogP contribution in [0.15, 0.2) is 12.4 Å². The molecule has 1 unspecified atom stereocenters. The Hall–Kier alpha value is -1.02. The van der Waals surface area contributed by atoms with E-state index in [1.807, 2.05) is 0 Å². The third-order valence-corrected chi connectivity index (χ3v) is 6.11. The van der Waals surface area contributed by atoms with E-state index in [0.717, 1.165) is 5.75 Å². The first-order valence-electron chi connectivity index (χ1n) is 5.68. The van der Waals surface area contributed by atoms with Gasteiger partial charge in [-0.25, -0.2) is 18.4 Å². The monoisotopic (exact) mass is 288 g/mol. The van der Waals surface area contributed by atoms with Crippen molar-refractivity contribution >= 4 is 33.2 Å². The number of anilines is 2. The fourth-order valence-corrected chi connectivity index (χ4v) is 4.74. The fourth-order valence-electron chi connectivity index (χ4n) is 1.78. The lowest BCUT2D eigenvalue weighted by Gasteiger charge is -2.34. The van der Waals surface area contributed by atoms with E-state index in [1.54, 1.807) is 23.6 Å². The highest BCUT2D eigenvalue weighted by molar-refractivity contribution is 8.01. The summed E-state index contributed by atoms with van der Waals surface area (Å²) in [6, 6.07) is 0. The number of aromatic nitrogens is 2. The number of rotatable bonds is 3. The molecule has 2 rings (SSSR count). The van der Waals surface area contributed by atoms with E-state index >= 15 is 0 Å². The van der Waals surface area contributed by atoms with Crippen molar-refractivity contribution in [3.05, 3.63) is 12.4 Å². The summed E-state index contributed by atoms with van der Waals surface area (Å²) in [4.78, 5) is 9.99. The summed E-state index contributed by atoms with van der Waals surface area (Å²) in [6.45, 7) is 2.30. The van der Waals surface area contributed by atoms with Gasteiger partial charge in [-0.15, -0.1) is 0 Å². The Bertz CT molecular complexity index is 503. The summed E-state index contributed by atoms with van der Waals surface area (Å²) in [5, 5.41) is -0.537. The van der Waals surface area contributed by atoms with Crippen molar-refractivity contribution in [3.63, 3.8) is 0 Å². The maximum Gasteiger partial charge on any atom is 0.226 e. The molecule has 0 radical (unpaired) electrons. The predicted octanol–water partition coefficient (Wildman–Crippen LogP) is 0.373. The van der Waals surface area contributed by atoms with Crippen LogP contribution in [0, 0.1) is 0 Å². The van der Waals surface area contributed by atoms with Crippen LogP contribution < -0.4 is 10.6 Å². The molecule has 1 fully saturated rings. The van der Waals surface area contributed by atoms with Gasteiger partial charge in [0.1, 0.15) is 5.37 Å². The predicted molar refractivity (Wildman–Crippen MR) is 74.4 cm³/mol. The van der Waals surface area contributed by atoms with E-state index in [0.29, 0.717) is 23.9 Å². The molecule has 1 atom stereocenters. The SMILES string of the molecule is CCS(=O)(=O)C1CSCCN1c1ncc(N)cn1. The van der Waals surface area contributed by atoms with Crippen LogP contribution in [-0.4, -0.2) is 47.6 Å². The lowest BCUT2D eigenvalue weighted by Crippen LogP contribution is -2.48. The number of hydrogen-bond donors (Lipinski definition) is 1. The second-order valence-corrected chi connectivity index (χ2v) is 7.59. The van der Waals surface area contributed by atoms with Crippen LogP contribution in [0.4, 0.5) is 11.6 Å². The Labute approximate surface area is 111 Å². The number of hydrogen-bond acceptors (Lipinski definition) is 7.